The molecule has 2 aromatic carbocycles. The lowest BCUT2D eigenvalue weighted by Gasteiger charge is -2.17. The molecule has 0 bridgehead atoms. The van der Waals surface area contributed by atoms with Crippen molar-refractivity contribution in [2.45, 2.75) is 13.8 Å². The molecule has 0 N–H and O–H groups in total. The van der Waals surface area contributed by atoms with Crippen LogP contribution in [0.5, 0.6) is 0 Å². The highest BCUT2D eigenvalue weighted by Crippen LogP contribution is 2.35. The van der Waals surface area contributed by atoms with Gasteiger partial charge in [0.05, 0.1) is 26.3 Å². The number of amides is 1. The summed E-state index contributed by atoms with van der Waals surface area (Å²) in [4.78, 5) is 24.2. The number of fused-ring (bicyclic) bond motifs is 1. The van der Waals surface area contributed by atoms with Crippen molar-refractivity contribution >= 4 is 56.2 Å². The average Bonchev–Trinajstić information content (AvgIpc) is 3.23. The molecule has 0 radical (unpaired) electrons. The maximum absolute atomic E-state index is 13.2. The van der Waals surface area contributed by atoms with E-state index in [4.69, 9.17) is 0 Å². The predicted octanol–water partition coefficient (Wildman–Crippen LogP) is 5.70. The van der Waals surface area contributed by atoms with Crippen LogP contribution >= 0.6 is 23.1 Å². The SMILES string of the molecule is CC(C)CN1C(=O)/C(=C/c2ccc3ncsc3c2)S/C1=N\c1ccc(F)cc1. The van der Waals surface area contributed by atoms with Gasteiger partial charge in [-0.3, -0.25) is 9.69 Å². The van der Waals surface area contributed by atoms with Crippen LogP contribution in [0.3, 0.4) is 0 Å². The van der Waals surface area contributed by atoms with E-state index in [0.717, 1.165) is 15.8 Å². The number of benzene rings is 2. The van der Waals surface area contributed by atoms with Gasteiger partial charge in [-0.1, -0.05) is 19.9 Å². The van der Waals surface area contributed by atoms with Crippen molar-refractivity contribution in [3.05, 3.63) is 64.3 Å². The molecule has 1 aliphatic heterocycles. The number of hydrogen-bond donors (Lipinski definition) is 0. The Hall–Kier alpha value is -2.51. The Morgan fingerprint density at radius 1 is 1.21 bits per heavy atom. The molecule has 1 fully saturated rings. The lowest BCUT2D eigenvalue weighted by molar-refractivity contribution is -0.122. The van der Waals surface area contributed by atoms with Crippen molar-refractivity contribution < 1.29 is 9.18 Å². The standard InChI is InChI=1S/C21H18FN3OS2/c1-13(2)11-25-20(26)19(10-14-3-8-17-18(9-14)27-12-23-17)28-21(25)24-16-6-4-15(22)5-7-16/h3-10,12-13H,11H2,1-2H3/b19-10-,24-21-. The highest BCUT2D eigenvalue weighted by atomic mass is 32.2. The third-order valence-electron chi connectivity index (χ3n) is 4.14. The Bertz CT molecular complexity index is 1090. The van der Waals surface area contributed by atoms with Gasteiger partial charge in [0.2, 0.25) is 0 Å². The average molecular weight is 412 g/mol. The third-order valence-corrected chi connectivity index (χ3v) is 5.94. The van der Waals surface area contributed by atoms with Crippen LogP contribution in [0.15, 0.2) is 57.9 Å². The first-order valence-corrected chi connectivity index (χ1v) is 10.6. The Balaban J connectivity index is 1.68. The lowest BCUT2D eigenvalue weighted by Crippen LogP contribution is -2.32. The quantitative estimate of drug-likeness (QED) is 0.518. The molecule has 7 heteroatoms. The summed E-state index contributed by atoms with van der Waals surface area (Å²) >= 11 is 2.93. The molecule has 0 unspecified atom stereocenters. The molecule has 0 aliphatic carbocycles. The van der Waals surface area contributed by atoms with Crippen LogP contribution in [-0.4, -0.2) is 27.5 Å². The summed E-state index contributed by atoms with van der Waals surface area (Å²) in [5.41, 5.74) is 4.35. The number of carbonyl (C=O) groups excluding carboxylic acids is 1. The Labute approximate surface area is 170 Å². The fraction of sp³-hybridized carbons (Fsp3) is 0.190. The molecule has 1 saturated heterocycles. The molecule has 0 spiro atoms. The van der Waals surface area contributed by atoms with E-state index >= 15 is 0 Å². The molecule has 3 aromatic rings. The number of nitrogens with zero attached hydrogens (tertiary/aromatic N) is 3. The molecule has 28 heavy (non-hydrogen) atoms. The molecule has 1 aliphatic rings. The second-order valence-electron chi connectivity index (χ2n) is 6.87. The van der Waals surface area contributed by atoms with Gasteiger partial charge < -0.3 is 0 Å². The summed E-state index contributed by atoms with van der Waals surface area (Å²) in [6, 6.07) is 11.9. The normalized spacial score (nSPS) is 17.6. The second kappa shape index (κ2) is 7.85. The minimum Gasteiger partial charge on any atom is -0.286 e. The van der Waals surface area contributed by atoms with Gasteiger partial charge in [-0.25, -0.2) is 14.4 Å². The molecule has 0 atom stereocenters. The molecule has 1 aromatic heterocycles. The van der Waals surface area contributed by atoms with E-state index < -0.39 is 0 Å². The number of aliphatic imine (C=N–C) groups is 1. The number of halogens is 1. The van der Waals surface area contributed by atoms with Gasteiger partial charge >= 0.3 is 0 Å². The van der Waals surface area contributed by atoms with Gasteiger partial charge in [-0.2, -0.15) is 0 Å². The van der Waals surface area contributed by atoms with E-state index in [1.165, 1.54) is 23.9 Å². The highest BCUT2D eigenvalue weighted by Gasteiger charge is 2.33. The predicted molar refractivity (Wildman–Crippen MR) is 115 cm³/mol. The first-order chi connectivity index (χ1) is 13.5. The molecule has 4 rings (SSSR count). The minimum absolute atomic E-state index is 0.0519. The topological polar surface area (TPSA) is 45.6 Å². The monoisotopic (exact) mass is 411 g/mol. The molecule has 0 saturated carbocycles. The number of amidine groups is 1. The summed E-state index contributed by atoms with van der Waals surface area (Å²) in [7, 11) is 0. The zero-order chi connectivity index (χ0) is 19.7. The first-order valence-electron chi connectivity index (χ1n) is 8.88. The molecular weight excluding hydrogens is 393 g/mol. The van der Waals surface area contributed by atoms with E-state index in [-0.39, 0.29) is 11.7 Å². The fourth-order valence-corrected chi connectivity index (χ4v) is 4.59. The zero-order valence-corrected chi connectivity index (χ0v) is 17.1. The lowest BCUT2D eigenvalue weighted by atomic mass is 10.2. The summed E-state index contributed by atoms with van der Waals surface area (Å²) in [5, 5.41) is 0.621. The van der Waals surface area contributed by atoms with Crippen LogP contribution in [0.25, 0.3) is 16.3 Å². The fourth-order valence-electron chi connectivity index (χ4n) is 2.86. The van der Waals surface area contributed by atoms with Gasteiger partial charge in [-0.15, -0.1) is 11.3 Å². The van der Waals surface area contributed by atoms with E-state index in [2.05, 4.69) is 23.8 Å². The smallest absolute Gasteiger partial charge is 0.266 e. The molecule has 142 valence electrons. The molecule has 4 nitrogen and oxygen atoms in total. The Morgan fingerprint density at radius 3 is 2.75 bits per heavy atom. The summed E-state index contributed by atoms with van der Waals surface area (Å²) in [5.74, 6) is -0.0583. The van der Waals surface area contributed by atoms with Crippen LogP contribution in [0.4, 0.5) is 10.1 Å². The number of rotatable bonds is 4. The van der Waals surface area contributed by atoms with Crippen LogP contribution in [0.1, 0.15) is 19.4 Å². The summed E-state index contributed by atoms with van der Waals surface area (Å²) in [6.45, 7) is 4.71. The summed E-state index contributed by atoms with van der Waals surface area (Å²) < 4.78 is 14.3. The summed E-state index contributed by atoms with van der Waals surface area (Å²) in [6.07, 6.45) is 1.90. The molecular formula is C21H18FN3OS2. The molecule has 1 amide bonds. The van der Waals surface area contributed by atoms with E-state index in [1.807, 2.05) is 29.8 Å². The first kappa shape index (κ1) is 18.8. The number of thiazole rings is 1. The van der Waals surface area contributed by atoms with Crippen molar-refractivity contribution in [1.82, 2.24) is 9.88 Å². The van der Waals surface area contributed by atoms with Gasteiger partial charge in [-0.05, 0) is 65.7 Å². The van der Waals surface area contributed by atoms with Crippen molar-refractivity contribution in [2.75, 3.05) is 6.54 Å². The second-order valence-corrected chi connectivity index (χ2v) is 8.77. The van der Waals surface area contributed by atoms with Crippen molar-refractivity contribution in [3.63, 3.8) is 0 Å². The van der Waals surface area contributed by atoms with Crippen molar-refractivity contribution in [3.8, 4) is 0 Å². The van der Waals surface area contributed by atoms with Gasteiger partial charge in [0.25, 0.3) is 5.91 Å². The largest absolute Gasteiger partial charge is 0.286 e. The Kier molecular flexibility index (Phi) is 5.28. The van der Waals surface area contributed by atoms with Gasteiger partial charge in [0, 0.05) is 6.54 Å². The minimum atomic E-state index is -0.308. The van der Waals surface area contributed by atoms with Crippen molar-refractivity contribution in [1.29, 1.82) is 0 Å². The third kappa shape index (κ3) is 4.00. The zero-order valence-electron chi connectivity index (χ0n) is 15.4. The van der Waals surface area contributed by atoms with E-state index in [9.17, 15) is 9.18 Å². The van der Waals surface area contributed by atoms with Crippen molar-refractivity contribution in [2.24, 2.45) is 10.9 Å². The highest BCUT2D eigenvalue weighted by molar-refractivity contribution is 8.18. The van der Waals surface area contributed by atoms with Crippen LogP contribution in [0.2, 0.25) is 0 Å². The van der Waals surface area contributed by atoms with Crippen LogP contribution < -0.4 is 0 Å². The van der Waals surface area contributed by atoms with E-state index in [1.54, 1.807) is 28.4 Å². The van der Waals surface area contributed by atoms with Crippen LogP contribution in [0, 0.1) is 11.7 Å². The Morgan fingerprint density at radius 2 is 2.00 bits per heavy atom. The number of thioether (sulfide) groups is 1. The number of hydrogen-bond acceptors (Lipinski definition) is 5. The maximum Gasteiger partial charge on any atom is 0.266 e. The maximum atomic E-state index is 13.2. The number of aromatic nitrogens is 1. The van der Waals surface area contributed by atoms with Gasteiger partial charge in [0.15, 0.2) is 5.17 Å². The van der Waals surface area contributed by atoms with E-state index in [0.29, 0.717) is 28.2 Å². The molecule has 2 heterocycles. The van der Waals surface area contributed by atoms with Crippen LogP contribution in [-0.2, 0) is 4.79 Å². The van der Waals surface area contributed by atoms with Gasteiger partial charge in [0.1, 0.15) is 5.82 Å². The number of carbonyl (C=O) groups is 1.